The minimum atomic E-state index is -4.82. The van der Waals surface area contributed by atoms with E-state index in [4.69, 9.17) is 0 Å². The summed E-state index contributed by atoms with van der Waals surface area (Å²) in [6.45, 7) is 0.869. The molecule has 1 aliphatic heterocycles. The van der Waals surface area contributed by atoms with Crippen molar-refractivity contribution in [3.05, 3.63) is 47.3 Å². The summed E-state index contributed by atoms with van der Waals surface area (Å²) >= 11 is 1.11. The highest BCUT2D eigenvalue weighted by Gasteiger charge is 2.51. The SMILES string of the molecule is CC(O)(c1ccc(N2CCN(S(=O)(=O)c3cccs3)C[C@H]2CO)cc1)C(F)(F)F. The number of nitrogens with zero attached hydrogens (tertiary/aromatic N) is 2. The van der Waals surface area contributed by atoms with Crippen LogP contribution in [-0.2, 0) is 15.6 Å². The predicted molar refractivity (Wildman–Crippen MR) is 103 cm³/mol. The molecule has 0 radical (unpaired) electrons. The van der Waals surface area contributed by atoms with Crippen LogP contribution >= 0.6 is 11.3 Å². The predicted octanol–water partition coefficient (Wildman–Crippen LogP) is 2.39. The number of aliphatic hydroxyl groups is 2. The average Bonchev–Trinajstić information content (AvgIpc) is 3.22. The van der Waals surface area contributed by atoms with E-state index in [1.165, 1.54) is 34.6 Å². The van der Waals surface area contributed by atoms with Crippen LogP contribution in [0.5, 0.6) is 0 Å². The molecule has 1 aromatic heterocycles. The quantitative estimate of drug-likeness (QED) is 0.731. The Hall–Kier alpha value is -1.66. The lowest BCUT2D eigenvalue weighted by atomic mass is 9.95. The number of anilines is 1. The molecule has 0 spiro atoms. The van der Waals surface area contributed by atoms with Gasteiger partial charge in [0.05, 0.1) is 12.6 Å². The standard InChI is InChI=1S/C18H21F3N2O4S2/c1-17(25,18(19,20)21)13-4-6-14(7-5-13)23-9-8-22(11-15(23)12-24)29(26,27)16-3-2-10-28-16/h2-7,10,15,24-25H,8-9,11-12H2,1H3/t15-,17?/m0/s1. The molecule has 2 heterocycles. The maximum Gasteiger partial charge on any atom is 0.421 e. The number of rotatable bonds is 5. The molecule has 6 nitrogen and oxygen atoms in total. The van der Waals surface area contributed by atoms with E-state index < -0.39 is 27.8 Å². The van der Waals surface area contributed by atoms with E-state index >= 15 is 0 Å². The first-order valence-corrected chi connectivity index (χ1v) is 11.1. The van der Waals surface area contributed by atoms with Crippen molar-refractivity contribution in [2.75, 3.05) is 31.1 Å². The number of halogens is 3. The van der Waals surface area contributed by atoms with Crippen molar-refractivity contribution in [1.82, 2.24) is 4.31 Å². The Bertz CT molecular complexity index is 929. The van der Waals surface area contributed by atoms with Gasteiger partial charge in [-0.15, -0.1) is 11.3 Å². The smallest absolute Gasteiger partial charge is 0.394 e. The van der Waals surface area contributed by atoms with Gasteiger partial charge in [-0.05, 0) is 36.1 Å². The Kier molecular flexibility index (Phi) is 5.98. The monoisotopic (exact) mass is 450 g/mol. The molecule has 2 aromatic rings. The topological polar surface area (TPSA) is 81.1 Å². The molecule has 1 aliphatic rings. The van der Waals surface area contributed by atoms with Gasteiger partial charge in [-0.1, -0.05) is 18.2 Å². The lowest BCUT2D eigenvalue weighted by Gasteiger charge is -2.41. The Morgan fingerprint density at radius 2 is 1.83 bits per heavy atom. The van der Waals surface area contributed by atoms with E-state index in [2.05, 4.69) is 0 Å². The molecule has 1 unspecified atom stereocenters. The summed E-state index contributed by atoms with van der Waals surface area (Å²) in [5.74, 6) is 0. The molecule has 11 heteroatoms. The summed E-state index contributed by atoms with van der Waals surface area (Å²) in [4.78, 5) is 1.76. The van der Waals surface area contributed by atoms with Crippen molar-refractivity contribution in [1.29, 1.82) is 0 Å². The van der Waals surface area contributed by atoms with Crippen LogP contribution in [0.15, 0.2) is 46.0 Å². The van der Waals surface area contributed by atoms with E-state index in [0.29, 0.717) is 12.6 Å². The minimum absolute atomic E-state index is 0.0543. The van der Waals surface area contributed by atoms with Crippen molar-refractivity contribution >= 4 is 27.0 Å². The van der Waals surface area contributed by atoms with Crippen LogP contribution in [0.3, 0.4) is 0 Å². The second kappa shape index (κ2) is 7.88. The van der Waals surface area contributed by atoms with Gasteiger partial charge in [0.2, 0.25) is 0 Å². The van der Waals surface area contributed by atoms with Crippen LogP contribution in [0.2, 0.25) is 0 Å². The van der Waals surface area contributed by atoms with Gasteiger partial charge in [-0.3, -0.25) is 0 Å². The van der Waals surface area contributed by atoms with E-state index in [1.54, 1.807) is 16.3 Å². The third-order valence-electron chi connectivity index (χ3n) is 5.06. The van der Waals surface area contributed by atoms with Crippen LogP contribution in [0.25, 0.3) is 0 Å². The zero-order valence-electron chi connectivity index (χ0n) is 15.5. The first-order valence-electron chi connectivity index (χ1n) is 8.79. The number of thiophene rings is 1. The Morgan fingerprint density at radius 1 is 1.17 bits per heavy atom. The van der Waals surface area contributed by atoms with E-state index in [0.717, 1.165) is 11.3 Å². The Morgan fingerprint density at radius 3 is 2.34 bits per heavy atom. The molecule has 160 valence electrons. The molecule has 0 bridgehead atoms. The van der Waals surface area contributed by atoms with E-state index in [1.807, 2.05) is 0 Å². The normalized spacial score (nSPS) is 21.2. The number of alkyl halides is 3. The van der Waals surface area contributed by atoms with Crippen molar-refractivity contribution in [2.24, 2.45) is 0 Å². The number of piperazine rings is 1. The molecule has 0 amide bonds. The summed E-state index contributed by atoms with van der Waals surface area (Å²) in [6, 6.07) is 7.86. The summed E-state index contributed by atoms with van der Waals surface area (Å²) in [5.41, 5.74) is -2.73. The third kappa shape index (κ3) is 4.15. The molecule has 1 fully saturated rings. The third-order valence-corrected chi connectivity index (χ3v) is 8.30. The van der Waals surface area contributed by atoms with Crippen molar-refractivity contribution in [3.8, 4) is 0 Å². The zero-order valence-corrected chi connectivity index (χ0v) is 17.1. The van der Waals surface area contributed by atoms with Gasteiger partial charge < -0.3 is 15.1 Å². The first-order chi connectivity index (χ1) is 13.5. The lowest BCUT2D eigenvalue weighted by molar-refractivity contribution is -0.258. The molecular formula is C18H21F3N2O4S2. The summed E-state index contributed by atoms with van der Waals surface area (Å²) in [6.07, 6.45) is -4.82. The molecular weight excluding hydrogens is 429 g/mol. The van der Waals surface area contributed by atoms with Crippen LogP contribution < -0.4 is 4.90 Å². The lowest BCUT2D eigenvalue weighted by Crippen LogP contribution is -2.56. The number of hydrogen-bond donors (Lipinski definition) is 2. The number of hydrogen-bond acceptors (Lipinski definition) is 6. The fourth-order valence-corrected chi connectivity index (χ4v) is 5.83. The Labute approximate surface area is 170 Å². The van der Waals surface area contributed by atoms with Crippen LogP contribution in [0.4, 0.5) is 18.9 Å². The highest BCUT2D eigenvalue weighted by molar-refractivity contribution is 7.91. The Balaban J connectivity index is 1.79. The van der Waals surface area contributed by atoms with E-state index in [9.17, 15) is 31.8 Å². The van der Waals surface area contributed by atoms with Gasteiger partial charge in [-0.2, -0.15) is 17.5 Å². The van der Waals surface area contributed by atoms with Gasteiger partial charge in [0.1, 0.15) is 4.21 Å². The van der Waals surface area contributed by atoms with Gasteiger partial charge in [0.15, 0.2) is 5.60 Å². The summed E-state index contributed by atoms with van der Waals surface area (Å²) in [7, 11) is -3.65. The van der Waals surface area contributed by atoms with Crippen molar-refractivity contribution < 1.29 is 31.8 Å². The molecule has 2 atom stereocenters. The van der Waals surface area contributed by atoms with Gasteiger partial charge in [-0.25, -0.2) is 8.42 Å². The van der Waals surface area contributed by atoms with E-state index in [-0.39, 0.29) is 36.0 Å². The van der Waals surface area contributed by atoms with Gasteiger partial charge in [0.25, 0.3) is 10.0 Å². The average molecular weight is 451 g/mol. The second-order valence-corrected chi connectivity index (χ2v) is 10.1. The molecule has 3 rings (SSSR count). The van der Waals surface area contributed by atoms with Crippen LogP contribution in [-0.4, -0.2) is 61.4 Å². The molecule has 1 aromatic carbocycles. The number of sulfonamides is 1. The maximum absolute atomic E-state index is 13.0. The summed E-state index contributed by atoms with van der Waals surface area (Å²) < 4.78 is 66.0. The fraction of sp³-hybridized carbons (Fsp3) is 0.444. The number of benzene rings is 1. The largest absolute Gasteiger partial charge is 0.421 e. The summed E-state index contributed by atoms with van der Waals surface area (Å²) in [5, 5.41) is 21.2. The highest BCUT2D eigenvalue weighted by atomic mass is 32.2. The molecule has 29 heavy (non-hydrogen) atoms. The van der Waals surface area contributed by atoms with Crippen LogP contribution in [0, 0.1) is 0 Å². The van der Waals surface area contributed by atoms with Gasteiger partial charge >= 0.3 is 6.18 Å². The zero-order chi connectivity index (χ0) is 21.4. The van der Waals surface area contributed by atoms with Crippen molar-refractivity contribution in [2.45, 2.75) is 29.0 Å². The maximum atomic E-state index is 13.0. The second-order valence-electron chi connectivity index (χ2n) is 6.94. The number of aliphatic hydroxyl groups excluding tert-OH is 1. The fourth-order valence-electron chi connectivity index (χ4n) is 3.22. The molecule has 0 aliphatic carbocycles. The minimum Gasteiger partial charge on any atom is -0.394 e. The molecule has 2 N–H and O–H groups in total. The molecule has 1 saturated heterocycles. The molecule has 0 saturated carbocycles. The first kappa shape index (κ1) is 22.0. The van der Waals surface area contributed by atoms with Crippen molar-refractivity contribution in [3.63, 3.8) is 0 Å². The van der Waals surface area contributed by atoms with Gasteiger partial charge in [0, 0.05) is 25.3 Å². The highest BCUT2D eigenvalue weighted by Crippen LogP contribution is 2.39. The van der Waals surface area contributed by atoms with Crippen LogP contribution in [0.1, 0.15) is 12.5 Å².